The van der Waals surface area contributed by atoms with Gasteiger partial charge in [-0.05, 0) is 44.7 Å². The topological polar surface area (TPSA) is 82.7 Å². The molecule has 0 saturated carbocycles. The number of H-pyrrole nitrogens is 1. The molecule has 1 fully saturated rings. The fourth-order valence-corrected chi connectivity index (χ4v) is 3.24. The highest BCUT2D eigenvalue weighted by atomic mass is 16.6. The zero-order valence-corrected chi connectivity index (χ0v) is 16.7. The highest BCUT2D eigenvalue weighted by Gasteiger charge is 2.27. The van der Waals surface area contributed by atoms with Gasteiger partial charge in [0.2, 0.25) is 5.91 Å². The number of piperazine rings is 1. The third-order valence-electron chi connectivity index (χ3n) is 4.72. The van der Waals surface area contributed by atoms with Crippen LogP contribution in [0, 0.1) is 0 Å². The van der Waals surface area contributed by atoms with Crippen LogP contribution < -0.4 is 5.56 Å². The third kappa shape index (κ3) is 4.91. The molecule has 0 bridgehead atoms. The largest absolute Gasteiger partial charge is 0.444 e. The molecule has 1 aromatic carbocycles. The number of fused-ring (bicyclic) bond motifs is 1. The van der Waals surface area contributed by atoms with Gasteiger partial charge >= 0.3 is 6.09 Å². The van der Waals surface area contributed by atoms with Gasteiger partial charge in [0.15, 0.2) is 0 Å². The van der Waals surface area contributed by atoms with Crippen molar-refractivity contribution in [2.75, 3.05) is 26.2 Å². The summed E-state index contributed by atoms with van der Waals surface area (Å²) in [5, 5.41) is 0.954. The van der Waals surface area contributed by atoms with E-state index in [0.29, 0.717) is 38.2 Å². The average Bonchev–Trinajstić information content (AvgIpc) is 2.65. The lowest BCUT2D eigenvalue weighted by molar-refractivity contribution is -0.132. The van der Waals surface area contributed by atoms with Crippen LogP contribution in [0.3, 0.4) is 0 Å². The van der Waals surface area contributed by atoms with Gasteiger partial charge in [0.1, 0.15) is 5.60 Å². The third-order valence-corrected chi connectivity index (χ3v) is 4.72. The fourth-order valence-electron chi connectivity index (χ4n) is 3.24. The minimum absolute atomic E-state index is 0.00334. The summed E-state index contributed by atoms with van der Waals surface area (Å²) in [5.41, 5.74) is 0.721. The quantitative estimate of drug-likeness (QED) is 0.880. The van der Waals surface area contributed by atoms with Crippen LogP contribution in [0.5, 0.6) is 0 Å². The number of carbonyl (C=O) groups is 2. The van der Waals surface area contributed by atoms with Gasteiger partial charge in [-0.15, -0.1) is 0 Å². The first-order valence-electron chi connectivity index (χ1n) is 9.59. The molecule has 1 saturated heterocycles. The first-order chi connectivity index (χ1) is 13.2. The van der Waals surface area contributed by atoms with Gasteiger partial charge in [0, 0.05) is 43.7 Å². The minimum Gasteiger partial charge on any atom is -0.444 e. The van der Waals surface area contributed by atoms with Gasteiger partial charge in [-0.1, -0.05) is 18.2 Å². The van der Waals surface area contributed by atoms with Crippen molar-refractivity contribution in [3.05, 3.63) is 46.2 Å². The monoisotopic (exact) mass is 385 g/mol. The summed E-state index contributed by atoms with van der Waals surface area (Å²) >= 11 is 0. The second kappa shape index (κ2) is 8.04. The molecule has 7 nitrogen and oxygen atoms in total. The Morgan fingerprint density at radius 2 is 1.71 bits per heavy atom. The van der Waals surface area contributed by atoms with E-state index in [-0.39, 0.29) is 24.0 Å². The number of hydrogen-bond acceptors (Lipinski definition) is 4. The maximum absolute atomic E-state index is 12.5. The number of aromatic amines is 1. The molecule has 0 radical (unpaired) electrons. The Labute approximate surface area is 164 Å². The molecule has 1 aromatic heterocycles. The Morgan fingerprint density at radius 1 is 1.07 bits per heavy atom. The number of aromatic nitrogens is 1. The van der Waals surface area contributed by atoms with Crippen molar-refractivity contribution in [1.29, 1.82) is 0 Å². The number of nitrogens with one attached hydrogen (secondary N) is 1. The van der Waals surface area contributed by atoms with E-state index in [0.717, 1.165) is 10.9 Å². The highest BCUT2D eigenvalue weighted by molar-refractivity contribution is 5.79. The summed E-state index contributed by atoms with van der Waals surface area (Å²) in [6.45, 7) is 7.37. The molecule has 28 heavy (non-hydrogen) atoms. The molecule has 2 amide bonds. The number of pyridine rings is 1. The average molecular weight is 385 g/mol. The van der Waals surface area contributed by atoms with E-state index in [1.54, 1.807) is 9.80 Å². The number of hydrogen-bond donors (Lipinski definition) is 1. The van der Waals surface area contributed by atoms with E-state index >= 15 is 0 Å². The van der Waals surface area contributed by atoms with E-state index in [1.807, 2.05) is 51.1 Å². The van der Waals surface area contributed by atoms with Gasteiger partial charge in [-0.2, -0.15) is 0 Å². The molecule has 0 aliphatic carbocycles. The highest BCUT2D eigenvalue weighted by Crippen LogP contribution is 2.14. The van der Waals surface area contributed by atoms with Crippen molar-refractivity contribution < 1.29 is 14.3 Å². The Kier molecular flexibility index (Phi) is 5.72. The molecular formula is C21H27N3O4. The number of rotatable bonds is 3. The van der Waals surface area contributed by atoms with Crippen molar-refractivity contribution in [2.45, 2.75) is 39.2 Å². The van der Waals surface area contributed by atoms with Gasteiger partial charge in [-0.25, -0.2) is 4.79 Å². The van der Waals surface area contributed by atoms with Crippen LogP contribution in [-0.2, 0) is 16.0 Å². The molecule has 0 unspecified atom stereocenters. The Balaban J connectivity index is 1.53. The van der Waals surface area contributed by atoms with E-state index in [9.17, 15) is 14.4 Å². The minimum atomic E-state index is -0.531. The molecule has 150 valence electrons. The van der Waals surface area contributed by atoms with Crippen molar-refractivity contribution in [3.63, 3.8) is 0 Å². The van der Waals surface area contributed by atoms with Crippen molar-refractivity contribution in [3.8, 4) is 0 Å². The number of ether oxygens (including phenoxy) is 1. The van der Waals surface area contributed by atoms with Crippen molar-refractivity contribution >= 4 is 22.9 Å². The number of aryl methyl sites for hydroxylation is 1. The van der Waals surface area contributed by atoms with E-state index in [2.05, 4.69) is 4.98 Å². The first kappa shape index (κ1) is 19.9. The lowest BCUT2D eigenvalue weighted by atomic mass is 10.1. The van der Waals surface area contributed by atoms with Gasteiger partial charge in [-0.3, -0.25) is 9.59 Å². The number of benzene rings is 1. The number of carbonyl (C=O) groups excluding carboxylic acids is 2. The van der Waals surface area contributed by atoms with Gasteiger partial charge in [0.05, 0.1) is 0 Å². The second-order valence-corrected chi connectivity index (χ2v) is 8.06. The van der Waals surface area contributed by atoms with E-state index in [4.69, 9.17) is 4.74 Å². The second-order valence-electron chi connectivity index (χ2n) is 8.06. The zero-order valence-electron chi connectivity index (χ0n) is 16.7. The Hall–Kier alpha value is -2.83. The van der Waals surface area contributed by atoms with Crippen LogP contribution in [0.1, 0.15) is 32.8 Å². The Bertz CT molecular complexity index is 921. The first-order valence-corrected chi connectivity index (χ1v) is 9.59. The van der Waals surface area contributed by atoms with Gasteiger partial charge in [0.25, 0.3) is 5.56 Å². The van der Waals surface area contributed by atoms with Crippen LogP contribution in [0.25, 0.3) is 10.9 Å². The number of para-hydroxylation sites is 1. The van der Waals surface area contributed by atoms with Crippen LogP contribution in [0.4, 0.5) is 4.79 Å². The summed E-state index contributed by atoms with van der Waals surface area (Å²) in [6.07, 6.45) is 0.321. The standard InChI is InChI=1S/C21H27N3O4/c1-21(2,3)28-20(27)24-12-10-23(11-13-24)18(25)9-8-16-14-15-6-4-5-7-17(15)22-19(16)26/h4-7,14H,8-13H2,1-3H3,(H,22,26). The van der Waals surface area contributed by atoms with E-state index in [1.165, 1.54) is 0 Å². The summed E-state index contributed by atoms with van der Waals surface area (Å²) in [4.78, 5) is 43.1. The van der Waals surface area contributed by atoms with Crippen molar-refractivity contribution in [1.82, 2.24) is 14.8 Å². The zero-order chi connectivity index (χ0) is 20.3. The van der Waals surface area contributed by atoms with E-state index < -0.39 is 5.60 Å². The molecule has 0 spiro atoms. The normalized spacial score (nSPS) is 15.0. The lowest BCUT2D eigenvalue weighted by Gasteiger charge is -2.35. The smallest absolute Gasteiger partial charge is 0.410 e. The van der Waals surface area contributed by atoms with Crippen LogP contribution in [-0.4, -0.2) is 58.6 Å². The maximum atomic E-state index is 12.5. The predicted octanol–water partition coefficient (Wildman–Crippen LogP) is 2.54. The summed E-state index contributed by atoms with van der Waals surface area (Å²) in [6, 6.07) is 9.43. The molecule has 1 aliphatic heterocycles. The molecule has 2 heterocycles. The SMILES string of the molecule is CC(C)(C)OC(=O)N1CCN(C(=O)CCc2cc3ccccc3[nH]c2=O)CC1. The summed E-state index contributed by atoms with van der Waals surface area (Å²) < 4.78 is 5.37. The fraction of sp³-hybridized carbons (Fsp3) is 0.476. The molecule has 1 N–H and O–H groups in total. The molecule has 7 heteroatoms. The summed E-state index contributed by atoms with van der Waals surface area (Å²) in [5.74, 6) is -0.00334. The van der Waals surface area contributed by atoms with Crippen LogP contribution in [0.2, 0.25) is 0 Å². The molecular weight excluding hydrogens is 358 g/mol. The Morgan fingerprint density at radius 3 is 2.39 bits per heavy atom. The molecule has 3 rings (SSSR count). The van der Waals surface area contributed by atoms with Gasteiger partial charge < -0.3 is 19.5 Å². The van der Waals surface area contributed by atoms with Crippen molar-refractivity contribution in [2.24, 2.45) is 0 Å². The lowest BCUT2D eigenvalue weighted by Crippen LogP contribution is -2.51. The van der Waals surface area contributed by atoms with Crippen LogP contribution >= 0.6 is 0 Å². The summed E-state index contributed by atoms with van der Waals surface area (Å²) in [7, 11) is 0. The molecule has 1 aliphatic rings. The maximum Gasteiger partial charge on any atom is 0.410 e. The molecule has 0 atom stereocenters. The number of amides is 2. The van der Waals surface area contributed by atoms with Crippen LogP contribution in [0.15, 0.2) is 35.1 Å². The predicted molar refractivity (Wildman–Crippen MR) is 107 cm³/mol. The number of nitrogens with zero attached hydrogens (tertiary/aromatic N) is 2. The molecule has 2 aromatic rings.